The fraction of sp³-hybridized carbons (Fsp3) is 0.800. The number of nitrogens with zero attached hydrogens (tertiary/aromatic N) is 2. The molecule has 2 atom stereocenters. The van der Waals surface area contributed by atoms with E-state index in [1.165, 1.54) is 55.8 Å². The molecule has 19 heavy (non-hydrogen) atoms. The largest absolute Gasteiger partial charge is 0.311 e. The van der Waals surface area contributed by atoms with Crippen LogP contribution in [0, 0.1) is 6.92 Å². The molecular formula is C15H25N3S. The Kier molecular flexibility index (Phi) is 4.20. The number of hydrogen-bond acceptors (Lipinski definition) is 4. The van der Waals surface area contributed by atoms with Crippen molar-refractivity contribution in [1.82, 2.24) is 15.2 Å². The molecule has 0 saturated carbocycles. The number of rotatable bonds is 5. The zero-order valence-electron chi connectivity index (χ0n) is 12.1. The summed E-state index contributed by atoms with van der Waals surface area (Å²) in [7, 11) is 0. The maximum Gasteiger partial charge on any atom is 0.0797 e. The van der Waals surface area contributed by atoms with Gasteiger partial charge in [-0.1, -0.05) is 6.92 Å². The molecule has 3 nitrogen and oxygen atoms in total. The average molecular weight is 279 g/mol. The topological polar surface area (TPSA) is 28.2 Å². The third kappa shape index (κ3) is 3.01. The minimum atomic E-state index is 0.794. The van der Waals surface area contributed by atoms with Crippen LogP contribution in [0.1, 0.15) is 43.2 Å². The van der Waals surface area contributed by atoms with Crippen LogP contribution in [0.2, 0.25) is 0 Å². The van der Waals surface area contributed by atoms with Crippen molar-refractivity contribution >= 4 is 11.3 Å². The van der Waals surface area contributed by atoms with Gasteiger partial charge in [0.15, 0.2) is 0 Å². The van der Waals surface area contributed by atoms with E-state index in [2.05, 4.69) is 29.0 Å². The maximum absolute atomic E-state index is 4.36. The van der Waals surface area contributed by atoms with Crippen LogP contribution in [0.5, 0.6) is 0 Å². The second-order valence-corrected chi connectivity index (χ2v) is 6.94. The van der Waals surface area contributed by atoms with Gasteiger partial charge in [-0.15, -0.1) is 11.3 Å². The molecule has 4 heteroatoms. The summed E-state index contributed by atoms with van der Waals surface area (Å²) in [5.41, 5.74) is 3.21. The first-order chi connectivity index (χ1) is 9.26. The highest BCUT2D eigenvalue weighted by Gasteiger charge is 2.35. The van der Waals surface area contributed by atoms with Gasteiger partial charge >= 0.3 is 0 Å². The monoisotopic (exact) mass is 279 g/mol. The third-order valence-electron chi connectivity index (χ3n) is 4.84. The lowest BCUT2D eigenvalue weighted by Crippen LogP contribution is -2.48. The Balaban J connectivity index is 1.57. The Bertz CT molecular complexity index is 405. The number of fused-ring (bicyclic) bond motifs is 2. The predicted molar refractivity (Wildman–Crippen MR) is 80.8 cm³/mol. The molecule has 0 amide bonds. The first kappa shape index (κ1) is 13.5. The number of likely N-dealkylation sites (N-methyl/N-ethyl adjacent to an activating group) is 1. The van der Waals surface area contributed by atoms with Gasteiger partial charge in [-0.25, -0.2) is 4.98 Å². The van der Waals surface area contributed by atoms with Crippen LogP contribution < -0.4 is 5.32 Å². The van der Waals surface area contributed by atoms with E-state index in [-0.39, 0.29) is 0 Å². The molecule has 106 valence electrons. The Morgan fingerprint density at radius 2 is 2.11 bits per heavy atom. The molecule has 3 heterocycles. The van der Waals surface area contributed by atoms with E-state index in [0.29, 0.717) is 0 Å². The van der Waals surface area contributed by atoms with Crippen LogP contribution in [0.3, 0.4) is 0 Å². The first-order valence-electron chi connectivity index (χ1n) is 7.65. The summed E-state index contributed by atoms with van der Waals surface area (Å²) in [4.78, 5) is 8.52. The lowest BCUT2D eigenvalue weighted by atomic mass is 9.98. The van der Waals surface area contributed by atoms with Crippen LogP contribution in [0.4, 0.5) is 0 Å². The minimum Gasteiger partial charge on any atom is -0.311 e. The molecule has 2 aliphatic heterocycles. The Labute approximate surface area is 120 Å². The number of piperidine rings is 1. The van der Waals surface area contributed by atoms with Crippen molar-refractivity contribution < 1.29 is 0 Å². The highest BCUT2D eigenvalue weighted by molar-refractivity contribution is 7.09. The average Bonchev–Trinajstić information content (AvgIpc) is 2.97. The van der Waals surface area contributed by atoms with Gasteiger partial charge in [0, 0.05) is 29.5 Å². The summed E-state index contributed by atoms with van der Waals surface area (Å²) < 4.78 is 0. The fourth-order valence-electron chi connectivity index (χ4n) is 3.74. The summed E-state index contributed by atoms with van der Waals surface area (Å²) in [6, 6.07) is 2.39. The molecular weight excluding hydrogens is 254 g/mol. The van der Waals surface area contributed by atoms with Crippen LogP contribution in [-0.2, 0) is 6.42 Å². The van der Waals surface area contributed by atoms with Crippen molar-refractivity contribution in [2.24, 2.45) is 0 Å². The summed E-state index contributed by atoms with van der Waals surface area (Å²) >= 11 is 1.81. The van der Waals surface area contributed by atoms with E-state index < -0.39 is 0 Å². The van der Waals surface area contributed by atoms with Gasteiger partial charge in [0.05, 0.1) is 11.2 Å². The van der Waals surface area contributed by atoms with Crippen molar-refractivity contribution in [2.75, 3.05) is 13.1 Å². The van der Waals surface area contributed by atoms with Gasteiger partial charge in [-0.3, -0.25) is 0 Å². The van der Waals surface area contributed by atoms with Gasteiger partial charge in [-0.05, 0) is 45.6 Å². The zero-order valence-corrected chi connectivity index (χ0v) is 12.9. The van der Waals surface area contributed by atoms with Crippen molar-refractivity contribution in [3.05, 3.63) is 16.1 Å². The second-order valence-electron chi connectivity index (χ2n) is 6.00. The maximum atomic E-state index is 4.36. The minimum absolute atomic E-state index is 0.794. The van der Waals surface area contributed by atoms with E-state index in [0.717, 1.165) is 18.1 Å². The SMILES string of the molecule is CCN(CCc1scnc1C)C1CC2CCC(C1)N2. The van der Waals surface area contributed by atoms with Gasteiger partial charge < -0.3 is 10.2 Å². The van der Waals surface area contributed by atoms with Gasteiger partial charge in [0.25, 0.3) is 0 Å². The molecule has 0 aliphatic carbocycles. The van der Waals surface area contributed by atoms with Gasteiger partial charge in [-0.2, -0.15) is 0 Å². The van der Waals surface area contributed by atoms with Gasteiger partial charge in [0.2, 0.25) is 0 Å². The Morgan fingerprint density at radius 1 is 1.37 bits per heavy atom. The number of thiazole rings is 1. The quantitative estimate of drug-likeness (QED) is 0.898. The molecule has 2 saturated heterocycles. The molecule has 2 aliphatic rings. The van der Waals surface area contributed by atoms with Crippen LogP contribution in [0.25, 0.3) is 0 Å². The molecule has 0 aromatic carbocycles. The highest BCUT2D eigenvalue weighted by Crippen LogP contribution is 2.30. The second kappa shape index (κ2) is 5.90. The van der Waals surface area contributed by atoms with Crippen molar-refractivity contribution in [3.8, 4) is 0 Å². The highest BCUT2D eigenvalue weighted by atomic mass is 32.1. The van der Waals surface area contributed by atoms with Crippen molar-refractivity contribution in [2.45, 2.75) is 64.1 Å². The van der Waals surface area contributed by atoms with Crippen molar-refractivity contribution in [1.29, 1.82) is 0 Å². The van der Waals surface area contributed by atoms with E-state index in [9.17, 15) is 0 Å². The smallest absolute Gasteiger partial charge is 0.0797 e. The normalized spacial score (nSPS) is 30.2. The number of aromatic nitrogens is 1. The molecule has 0 radical (unpaired) electrons. The first-order valence-corrected chi connectivity index (χ1v) is 8.53. The predicted octanol–water partition coefficient (Wildman–Crippen LogP) is 2.60. The van der Waals surface area contributed by atoms with E-state index in [1.54, 1.807) is 0 Å². The summed E-state index contributed by atoms with van der Waals surface area (Å²) in [6.07, 6.45) is 6.67. The molecule has 1 aromatic rings. The molecule has 2 unspecified atom stereocenters. The molecule has 2 bridgehead atoms. The van der Waals surface area contributed by atoms with E-state index in [4.69, 9.17) is 0 Å². The third-order valence-corrected chi connectivity index (χ3v) is 5.84. The standard InChI is InChI=1S/C15H25N3S/c1-3-18(7-6-15-11(2)16-10-19-15)14-8-12-4-5-13(9-14)17-12/h10,12-14,17H,3-9H2,1-2H3. The lowest BCUT2D eigenvalue weighted by Gasteiger charge is -2.37. The number of nitrogens with one attached hydrogen (secondary N) is 1. The zero-order chi connectivity index (χ0) is 13.2. The molecule has 2 fully saturated rings. The van der Waals surface area contributed by atoms with E-state index in [1.807, 2.05) is 16.8 Å². The van der Waals surface area contributed by atoms with Crippen LogP contribution >= 0.6 is 11.3 Å². The van der Waals surface area contributed by atoms with Crippen LogP contribution in [0.15, 0.2) is 5.51 Å². The van der Waals surface area contributed by atoms with Crippen molar-refractivity contribution in [3.63, 3.8) is 0 Å². The molecule has 0 spiro atoms. The fourth-order valence-corrected chi connectivity index (χ4v) is 4.51. The summed E-state index contributed by atoms with van der Waals surface area (Å²) in [5, 5.41) is 3.74. The number of hydrogen-bond donors (Lipinski definition) is 1. The summed E-state index contributed by atoms with van der Waals surface area (Å²) in [5.74, 6) is 0. The summed E-state index contributed by atoms with van der Waals surface area (Å²) in [6.45, 7) is 6.82. The molecule has 3 rings (SSSR count). The van der Waals surface area contributed by atoms with Gasteiger partial charge in [0.1, 0.15) is 0 Å². The number of aryl methyl sites for hydroxylation is 1. The molecule has 1 N–H and O–H groups in total. The van der Waals surface area contributed by atoms with Crippen LogP contribution in [-0.4, -0.2) is 41.1 Å². The Hall–Kier alpha value is -0.450. The lowest BCUT2D eigenvalue weighted by molar-refractivity contribution is 0.149. The van der Waals surface area contributed by atoms with E-state index >= 15 is 0 Å². The molecule has 1 aromatic heterocycles. The Morgan fingerprint density at radius 3 is 2.68 bits per heavy atom.